The minimum Gasteiger partial charge on any atom is -0.298 e. The average Bonchev–Trinajstić information content (AvgIpc) is 2.50. The summed E-state index contributed by atoms with van der Waals surface area (Å²) in [5.74, 6) is -1.53. The number of carbonyl (C=O) groups is 1. The van der Waals surface area contributed by atoms with Gasteiger partial charge in [-0.2, -0.15) is 8.78 Å². The fraction of sp³-hybridized carbons (Fsp3) is 0.471. The van der Waals surface area contributed by atoms with E-state index < -0.39 is 11.3 Å². The lowest BCUT2D eigenvalue weighted by molar-refractivity contribution is -0.121. The van der Waals surface area contributed by atoms with Crippen LogP contribution in [-0.2, 0) is 10.2 Å². The van der Waals surface area contributed by atoms with E-state index in [2.05, 4.69) is 31.9 Å². The summed E-state index contributed by atoms with van der Waals surface area (Å²) in [6, 6.07) is 7.54. The predicted molar refractivity (Wildman–Crippen MR) is 92.5 cm³/mol. The molecule has 1 atom stereocenters. The highest BCUT2D eigenvalue weighted by molar-refractivity contribution is 9.10. The molecule has 0 bridgehead atoms. The van der Waals surface area contributed by atoms with Crippen LogP contribution in [0, 0.1) is 12.3 Å². The van der Waals surface area contributed by atoms with Crippen molar-refractivity contribution >= 4 is 37.6 Å². The Bertz CT molecular complexity index is 566. The zero-order valence-corrected chi connectivity index (χ0v) is 15.5. The number of hydrogen-bond donors (Lipinski definition) is 0. The quantitative estimate of drug-likeness (QED) is 0.299. The Morgan fingerprint density at radius 1 is 1.32 bits per heavy atom. The number of ketones is 1. The van der Waals surface area contributed by atoms with Crippen LogP contribution in [0.5, 0.6) is 0 Å². The molecule has 1 rings (SSSR count). The Hall–Kier alpha value is -0.730. The van der Waals surface area contributed by atoms with Crippen molar-refractivity contribution in [3.63, 3.8) is 0 Å². The molecule has 1 aromatic rings. The molecule has 0 heterocycles. The van der Waals surface area contributed by atoms with Crippen molar-refractivity contribution in [2.75, 3.05) is 5.33 Å². The average molecular weight is 436 g/mol. The van der Waals surface area contributed by atoms with Crippen molar-refractivity contribution in [3.05, 3.63) is 34.3 Å². The first-order valence-corrected chi connectivity index (χ1v) is 8.87. The highest BCUT2D eigenvalue weighted by atomic mass is 79.9. The zero-order chi connectivity index (χ0) is 16.8. The minimum absolute atomic E-state index is 0.0364. The van der Waals surface area contributed by atoms with E-state index in [1.54, 1.807) is 0 Å². The van der Waals surface area contributed by atoms with E-state index in [0.717, 1.165) is 10.0 Å². The van der Waals surface area contributed by atoms with Crippen LogP contribution in [0.25, 0.3) is 0 Å². The summed E-state index contributed by atoms with van der Waals surface area (Å²) in [6.45, 7) is 1.86. The van der Waals surface area contributed by atoms with Crippen LogP contribution in [0.2, 0.25) is 0 Å². The summed E-state index contributed by atoms with van der Waals surface area (Å²) >= 11 is 6.61. The molecular formula is C17H18Br2F2O. The van der Waals surface area contributed by atoms with Gasteiger partial charge in [0, 0.05) is 10.9 Å². The van der Waals surface area contributed by atoms with E-state index >= 15 is 0 Å². The topological polar surface area (TPSA) is 17.1 Å². The second kappa shape index (κ2) is 8.21. The summed E-state index contributed by atoms with van der Waals surface area (Å²) < 4.78 is 27.0. The lowest BCUT2D eigenvalue weighted by Crippen LogP contribution is -2.33. The molecule has 1 nitrogen and oxygen atoms in total. The van der Waals surface area contributed by atoms with Crippen molar-refractivity contribution < 1.29 is 13.6 Å². The SMILES string of the molecule is C#CC(F)(F)CCCCC(C)(C(=O)CBr)c1cccc(Br)c1. The Labute approximate surface area is 147 Å². The maximum atomic E-state index is 13.1. The highest BCUT2D eigenvalue weighted by Gasteiger charge is 2.34. The summed E-state index contributed by atoms with van der Waals surface area (Å²) in [4.78, 5) is 12.4. The van der Waals surface area contributed by atoms with Gasteiger partial charge in [0.25, 0.3) is 0 Å². The van der Waals surface area contributed by atoms with Gasteiger partial charge in [0.2, 0.25) is 0 Å². The van der Waals surface area contributed by atoms with Gasteiger partial charge in [-0.3, -0.25) is 4.79 Å². The van der Waals surface area contributed by atoms with Crippen LogP contribution in [0.3, 0.4) is 0 Å². The van der Waals surface area contributed by atoms with Gasteiger partial charge in [-0.25, -0.2) is 0 Å². The van der Waals surface area contributed by atoms with E-state index in [4.69, 9.17) is 6.42 Å². The van der Waals surface area contributed by atoms with E-state index in [1.807, 2.05) is 31.2 Å². The molecule has 120 valence electrons. The van der Waals surface area contributed by atoms with Crippen LogP contribution in [0.4, 0.5) is 8.78 Å². The first-order valence-electron chi connectivity index (χ1n) is 6.96. The number of Topliss-reactive ketones (excluding diaryl/α,β-unsaturated/α-hetero) is 1. The van der Waals surface area contributed by atoms with E-state index in [0.29, 0.717) is 12.8 Å². The van der Waals surface area contributed by atoms with Crippen molar-refractivity contribution in [3.8, 4) is 12.3 Å². The molecule has 0 amide bonds. The van der Waals surface area contributed by atoms with Crippen molar-refractivity contribution in [2.45, 2.75) is 43.9 Å². The summed E-state index contributed by atoms with van der Waals surface area (Å²) in [5.41, 5.74) is 0.189. The molecule has 0 spiro atoms. The third-order valence-corrected chi connectivity index (χ3v) is 4.83. The molecule has 22 heavy (non-hydrogen) atoms. The maximum absolute atomic E-state index is 13.1. The van der Waals surface area contributed by atoms with Crippen LogP contribution < -0.4 is 0 Å². The van der Waals surface area contributed by atoms with Gasteiger partial charge < -0.3 is 0 Å². The van der Waals surface area contributed by atoms with Gasteiger partial charge in [-0.05, 0) is 43.4 Å². The second-order valence-electron chi connectivity index (χ2n) is 5.46. The number of rotatable bonds is 8. The van der Waals surface area contributed by atoms with Crippen LogP contribution in [0.1, 0.15) is 38.2 Å². The second-order valence-corrected chi connectivity index (χ2v) is 6.93. The largest absolute Gasteiger partial charge is 0.307 e. The third-order valence-electron chi connectivity index (χ3n) is 3.83. The van der Waals surface area contributed by atoms with E-state index in [1.165, 1.54) is 5.92 Å². The normalized spacial score (nSPS) is 14.2. The standard InChI is InChI=1S/C17H18Br2F2O/c1-3-17(20,21)10-5-4-9-16(2,15(22)12-18)13-7-6-8-14(19)11-13/h1,6-8,11H,4-5,9-10,12H2,2H3. The molecular weight excluding hydrogens is 418 g/mol. The first-order chi connectivity index (χ1) is 10.2. The van der Waals surface area contributed by atoms with Crippen molar-refractivity contribution in [2.24, 2.45) is 0 Å². The van der Waals surface area contributed by atoms with Crippen LogP contribution in [0.15, 0.2) is 28.7 Å². The smallest absolute Gasteiger partial charge is 0.298 e. The number of carbonyl (C=O) groups excluding carboxylic acids is 1. The summed E-state index contributed by atoms with van der Waals surface area (Å²) in [6.07, 6.45) is 5.75. The molecule has 0 aliphatic carbocycles. The van der Waals surface area contributed by atoms with Gasteiger partial charge in [-0.15, -0.1) is 6.42 Å². The minimum atomic E-state index is -3.06. The molecule has 0 saturated heterocycles. The Kier molecular flexibility index (Phi) is 7.21. The third kappa shape index (κ3) is 5.17. The number of alkyl halides is 3. The Balaban J connectivity index is 2.82. The Morgan fingerprint density at radius 3 is 2.50 bits per heavy atom. The molecule has 0 radical (unpaired) electrons. The first kappa shape index (κ1) is 19.3. The maximum Gasteiger partial charge on any atom is 0.307 e. The van der Waals surface area contributed by atoms with Gasteiger partial charge in [0.15, 0.2) is 5.78 Å². The summed E-state index contributed by atoms with van der Waals surface area (Å²) in [5, 5.41) is 0.233. The number of benzene rings is 1. The number of halogens is 4. The molecule has 1 unspecified atom stereocenters. The molecule has 0 aliphatic rings. The highest BCUT2D eigenvalue weighted by Crippen LogP contribution is 2.34. The molecule has 0 aromatic heterocycles. The van der Waals surface area contributed by atoms with E-state index in [-0.39, 0.29) is 24.0 Å². The fourth-order valence-electron chi connectivity index (χ4n) is 2.32. The van der Waals surface area contributed by atoms with Gasteiger partial charge in [0.05, 0.1) is 10.7 Å². The lowest BCUT2D eigenvalue weighted by atomic mass is 9.75. The predicted octanol–water partition coefficient (Wildman–Crippen LogP) is 5.50. The number of unbranched alkanes of at least 4 members (excludes halogenated alkanes) is 1. The molecule has 0 aliphatic heterocycles. The van der Waals surface area contributed by atoms with Crippen molar-refractivity contribution in [1.29, 1.82) is 0 Å². The summed E-state index contributed by atoms with van der Waals surface area (Å²) in [7, 11) is 0. The fourth-order valence-corrected chi connectivity index (χ4v) is 3.34. The van der Waals surface area contributed by atoms with Crippen LogP contribution in [-0.4, -0.2) is 17.0 Å². The number of terminal acetylenes is 1. The molecule has 0 N–H and O–H groups in total. The lowest BCUT2D eigenvalue weighted by Gasteiger charge is -2.28. The van der Waals surface area contributed by atoms with E-state index in [9.17, 15) is 13.6 Å². The van der Waals surface area contributed by atoms with Gasteiger partial charge in [-0.1, -0.05) is 50.4 Å². The molecule has 0 saturated carbocycles. The van der Waals surface area contributed by atoms with Crippen molar-refractivity contribution in [1.82, 2.24) is 0 Å². The molecule has 1 aromatic carbocycles. The van der Waals surface area contributed by atoms with Gasteiger partial charge >= 0.3 is 5.92 Å². The Morgan fingerprint density at radius 2 is 1.95 bits per heavy atom. The monoisotopic (exact) mass is 434 g/mol. The molecule has 5 heteroatoms. The van der Waals surface area contributed by atoms with Gasteiger partial charge in [0.1, 0.15) is 0 Å². The van der Waals surface area contributed by atoms with Crippen LogP contribution >= 0.6 is 31.9 Å². The molecule has 0 fully saturated rings. The zero-order valence-electron chi connectivity index (χ0n) is 12.3. The number of hydrogen-bond acceptors (Lipinski definition) is 1.